The van der Waals surface area contributed by atoms with E-state index in [1.165, 1.54) is 28.2 Å². The quantitative estimate of drug-likeness (QED) is 0.683. The lowest BCUT2D eigenvalue weighted by Gasteiger charge is -2.04. The van der Waals surface area contributed by atoms with Crippen molar-refractivity contribution in [3.05, 3.63) is 21.4 Å². The predicted octanol–water partition coefficient (Wildman–Crippen LogP) is 2.84. The fraction of sp³-hybridized carbons (Fsp3) is 0.692. The van der Waals surface area contributed by atoms with Crippen molar-refractivity contribution in [2.75, 3.05) is 19.6 Å². The monoisotopic (exact) mass is 240 g/mol. The van der Waals surface area contributed by atoms with Gasteiger partial charge in [0.05, 0.1) is 0 Å². The van der Waals surface area contributed by atoms with E-state index in [0.29, 0.717) is 0 Å². The fourth-order valence-electron chi connectivity index (χ4n) is 1.59. The zero-order chi connectivity index (χ0) is 11.8. The molecule has 0 amide bonds. The lowest BCUT2D eigenvalue weighted by Crippen LogP contribution is -2.21. The van der Waals surface area contributed by atoms with Crippen LogP contribution in [0.2, 0.25) is 0 Å². The van der Waals surface area contributed by atoms with E-state index < -0.39 is 0 Å². The van der Waals surface area contributed by atoms with Crippen LogP contribution in [-0.2, 0) is 6.54 Å². The molecule has 0 saturated carbocycles. The lowest BCUT2D eigenvalue weighted by molar-refractivity contribution is 0.594. The van der Waals surface area contributed by atoms with Crippen molar-refractivity contribution in [3.63, 3.8) is 0 Å². The second-order valence-corrected chi connectivity index (χ2v) is 5.57. The van der Waals surface area contributed by atoms with Gasteiger partial charge in [0, 0.05) is 16.3 Å². The predicted molar refractivity (Wildman–Crippen MR) is 73.3 cm³/mol. The summed E-state index contributed by atoms with van der Waals surface area (Å²) < 4.78 is 0. The van der Waals surface area contributed by atoms with Crippen LogP contribution in [0.15, 0.2) is 6.07 Å². The minimum absolute atomic E-state index is 1.02. The van der Waals surface area contributed by atoms with Crippen LogP contribution in [0.5, 0.6) is 0 Å². The topological polar surface area (TPSA) is 24.1 Å². The third-order valence-electron chi connectivity index (χ3n) is 2.65. The molecule has 16 heavy (non-hydrogen) atoms. The van der Waals surface area contributed by atoms with Gasteiger partial charge in [-0.2, -0.15) is 0 Å². The zero-order valence-corrected chi connectivity index (χ0v) is 11.5. The lowest BCUT2D eigenvalue weighted by atomic mass is 10.3. The first-order chi connectivity index (χ1) is 7.74. The fourth-order valence-corrected chi connectivity index (χ4v) is 2.61. The molecule has 0 fully saturated rings. The summed E-state index contributed by atoms with van der Waals surface area (Å²) >= 11 is 1.91. The molecule has 2 N–H and O–H groups in total. The summed E-state index contributed by atoms with van der Waals surface area (Å²) in [6.07, 6.45) is 2.44. The minimum Gasteiger partial charge on any atom is -0.317 e. The number of thiophene rings is 1. The molecule has 0 unspecified atom stereocenters. The summed E-state index contributed by atoms with van der Waals surface area (Å²) in [6.45, 7) is 11.0. The Morgan fingerprint density at radius 1 is 1.12 bits per heavy atom. The van der Waals surface area contributed by atoms with Gasteiger partial charge in [0.1, 0.15) is 0 Å². The Morgan fingerprint density at radius 2 is 1.88 bits per heavy atom. The van der Waals surface area contributed by atoms with Gasteiger partial charge < -0.3 is 10.6 Å². The molecule has 0 aliphatic heterocycles. The van der Waals surface area contributed by atoms with E-state index >= 15 is 0 Å². The van der Waals surface area contributed by atoms with Gasteiger partial charge in [-0.05, 0) is 58.0 Å². The van der Waals surface area contributed by atoms with Gasteiger partial charge in [-0.3, -0.25) is 0 Å². The van der Waals surface area contributed by atoms with Crippen LogP contribution in [0.1, 0.15) is 35.1 Å². The summed E-state index contributed by atoms with van der Waals surface area (Å²) in [6, 6.07) is 2.29. The molecular weight excluding hydrogens is 216 g/mol. The van der Waals surface area contributed by atoms with Crippen LogP contribution < -0.4 is 10.6 Å². The Balaban J connectivity index is 2.03. The third-order valence-corrected chi connectivity index (χ3v) is 3.80. The molecule has 92 valence electrons. The van der Waals surface area contributed by atoms with Gasteiger partial charge in [0.15, 0.2) is 0 Å². The van der Waals surface area contributed by atoms with Crippen molar-refractivity contribution in [1.29, 1.82) is 0 Å². The molecular formula is C13H24N2S. The first kappa shape index (κ1) is 13.7. The molecule has 2 nitrogen and oxygen atoms in total. The average Bonchev–Trinajstić information content (AvgIpc) is 2.57. The first-order valence-electron chi connectivity index (χ1n) is 6.21. The van der Waals surface area contributed by atoms with Gasteiger partial charge in [-0.25, -0.2) is 0 Å². The largest absolute Gasteiger partial charge is 0.317 e. The van der Waals surface area contributed by atoms with Crippen LogP contribution in [0.25, 0.3) is 0 Å². The zero-order valence-electron chi connectivity index (χ0n) is 10.7. The van der Waals surface area contributed by atoms with Crippen LogP contribution >= 0.6 is 11.3 Å². The summed E-state index contributed by atoms with van der Waals surface area (Å²) in [5.41, 5.74) is 1.42. The Kier molecular flexibility index (Phi) is 6.69. The van der Waals surface area contributed by atoms with Crippen molar-refractivity contribution < 1.29 is 0 Å². The Hall–Kier alpha value is -0.380. The van der Waals surface area contributed by atoms with E-state index in [-0.39, 0.29) is 0 Å². The van der Waals surface area contributed by atoms with Crippen molar-refractivity contribution in [1.82, 2.24) is 10.6 Å². The number of nitrogens with one attached hydrogen (secondary N) is 2. The van der Waals surface area contributed by atoms with E-state index in [1.807, 2.05) is 11.3 Å². The highest BCUT2D eigenvalue weighted by molar-refractivity contribution is 7.12. The Morgan fingerprint density at radius 3 is 2.50 bits per heavy atom. The summed E-state index contributed by atoms with van der Waals surface area (Å²) in [4.78, 5) is 2.90. The van der Waals surface area contributed by atoms with Crippen molar-refractivity contribution in [2.45, 2.75) is 40.2 Å². The molecule has 0 spiro atoms. The smallest absolute Gasteiger partial charge is 0.0299 e. The molecule has 0 saturated heterocycles. The third kappa shape index (κ3) is 5.10. The highest BCUT2D eigenvalue weighted by Crippen LogP contribution is 2.19. The first-order valence-corrected chi connectivity index (χ1v) is 7.03. The molecule has 1 aromatic rings. The van der Waals surface area contributed by atoms with Crippen LogP contribution in [0.3, 0.4) is 0 Å². The molecule has 0 aliphatic rings. The highest BCUT2D eigenvalue weighted by atomic mass is 32.1. The highest BCUT2D eigenvalue weighted by Gasteiger charge is 2.00. The SMILES string of the molecule is CCCNCCCNCc1cc(C)c(C)s1. The minimum atomic E-state index is 1.02. The van der Waals surface area contributed by atoms with Crippen molar-refractivity contribution in [3.8, 4) is 0 Å². The van der Waals surface area contributed by atoms with E-state index in [0.717, 1.165) is 26.2 Å². The Labute approximate surface area is 103 Å². The molecule has 1 aromatic heterocycles. The van der Waals surface area contributed by atoms with Crippen molar-refractivity contribution >= 4 is 11.3 Å². The number of hydrogen-bond acceptors (Lipinski definition) is 3. The van der Waals surface area contributed by atoms with E-state index in [4.69, 9.17) is 0 Å². The van der Waals surface area contributed by atoms with Gasteiger partial charge in [-0.15, -0.1) is 11.3 Å². The van der Waals surface area contributed by atoms with Crippen LogP contribution in [-0.4, -0.2) is 19.6 Å². The molecule has 0 atom stereocenters. The van der Waals surface area contributed by atoms with Crippen LogP contribution in [0, 0.1) is 13.8 Å². The summed E-state index contributed by atoms with van der Waals surface area (Å²) in [5, 5.41) is 6.90. The maximum atomic E-state index is 3.49. The molecule has 0 bridgehead atoms. The number of aryl methyl sites for hydroxylation is 2. The van der Waals surface area contributed by atoms with Crippen molar-refractivity contribution in [2.24, 2.45) is 0 Å². The normalized spacial score (nSPS) is 10.9. The van der Waals surface area contributed by atoms with E-state index in [1.54, 1.807) is 0 Å². The summed E-state index contributed by atoms with van der Waals surface area (Å²) in [7, 11) is 0. The van der Waals surface area contributed by atoms with Gasteiger partial charge >= 0.3 is 0 Å². The van der Waals surface area contributed by atoms with E-state index in [9.17, 15) is 0 Å². The summed E-state index contributed by atoms with van der Waals surface area (Å²) in [5.74, 6) is 0. The maximum Gasteiger partial charge on any atom is 0.0299 e. The molecule has 1 heterocycles. The Bertz CT molecular complexity index is 275. The second-order valence-electron chi connectivity index (χ2n) is 4.23. The molecule has 0 aromatic carbocycles. The average molecular weight is 240 g/mol. The maximum absolute atomic E-state index is 3.49. The van der Waals surface area contributed by atoms with E-state index in [2.05, 4.69) is 37.5 Å². The number of hydrogen-bond donors (Lipinski definition) is 2. The number of rotatable bonds is 8. The molecule has 1 rings (SSSR count). The molecule has 3 heteroatoms. The van der Waals surface area contributed by atoms with Crippen LogP contribution in [0.4, 0.5) is 0 Å². The standard InChI is InChI=1S/C13H24N2S/c1-4-6-14-7-5-8-15-10-13-9-11(2)12(3)16-13/h9,14-15H,4-8,10H2,1-3H3. The second kappa shape index (κ2) is 7.82. The van der Waals surface area contributed by atoms with Gasteiger partial charge in [0.25, 0.3) is 0 Å². The van der Waals surface area contributed by atoms with Gasteiger partial charge in [0.2, 0.25) is 0 Å². The molecule has 0 radical (unpaired) electrons. The molecule has 0 aliphatic carbocycles. The van der Waals surface area contributed by atoms with Gasteiger partial charge in [-0.1, -0.05) is 6.92 Å².